The van der Waals surface area contributed by atoms with E-state index >= 15 is 0 Å². The summed E-state index contributed by atoms with van der Waals surface area (Å²) in [5.74, 6) is 0.604. The first-order chi connectivity index (χ1) is 12.9. The summed E-state index contributed by atoms with van der Waals surface area (Å²) in [4.78, 5) is 1.94. The predicted molar refractivity (Wildman–Crippen MR) is 100 cm³/mol. The topological polar surface area (TPSA) is 67.9 Å². The van der Waals surface area contributed by atoms with Crippen molar-refractivity contribution in [3.05, 3.63) is 53.8 Å². The van der Waals surface area contributed by atoms with Gasteiger partial charge in [-0.15, -0.1) is 0 Å². The van der Waals surface area contributed by atoms with Crippen LogP contribution < -0.4 is 14.2 Å². The molecule has 3 rings (SSSR count). The second-order valence-corrected chi connectivity index (χ2v) is 8.31. The summed E-state index contributed by atoms with van der Waals surface area (Å²) in [7, 11) is -0.125. The third-order valence-electron chi connectivity index (χ3n) is 4.35. The van der Waals surface area contributed by atoms with Gasteiger partial charge in [-0.3, -0.25) is 0 Å². The minimum absolute atomic E-state index is 0.100. The lowest BCUT2D eigenvalue weighted by Gasteiger charge is -2.25. The fraction of sp³-hybridized carbons (Fsp3) is 0.368. The zero-order chi connectivity index (χ0) is 19.4. The Bertz CT molecular complexity index is 902. The van der Waals surface area contributed by atoms with Crippen LogP contribution in [0.5, 0.6) is 11.5 Å². The number of likely N-dealkylation sites (N-methyl/N-ethyl adjacent to an activating group) is 1. The Morgan fingerprint density at radius 1 is 1.11 bits per heavy atom. The number of ether oxygens (including phenoxy) is 2. The molecule has 0 fully saturated rings. The molecule has 0 saturated carbocycles. The largest absolute Gasteiger partial charge is 0.490 e. The predicted octanol–water partition coefficient (Wildman–Crippen LogP) is 2.57. The lowest BCUT2D eigenvalue weighted by atomic mass is 10.1. The molecule has 0 saturated heterocycles. The molecule has 0 radical (unpaired) electrons. The van der Waals surface area contributed by atoms with Crippen molar-refractivity contribution in [1.29, 1.82) is 0 Å². The second kappa shape index (κ2) is 8.24. The normalized spacial score (nSPS) is 15.4. The number of rotatable bonds is 6. The van der Waals surface area contributed by atoms with E-state index in [1.165, 1.54) is 24.3 Å². The monoisotopic (exact) mass is 394 g/mol. The van der Waals surface area contributed by atoms with Crippen LogP contribution in [-0.4, -0.2) is 47.2 Å². The Hall–Kier alpha value is -2.16. The number of hydrogen-bond donors (Lipinski definition) is 1. The molecule has 27 heavy (non-hydrogen) atoms. The van der Waals surface area contributed by atoms with Gasteiger partial charge >= 0.3 is 0 Å². The van der Waals surface area contributed by atoms with Gasteiger partial charge in [0.2, 0.25) is 10.0 Å². The molecular weight excluding hydrogens is 371 g/mol. The molecule has 2 aromatic rings. The average molecular weight is 394 g/mol. The Morgan fingerprint density at radius 3 is 2.56 bits per heavy atom. The van der Waals surface area contributed by atoms with Gasteiger partial charge < -0.3 is 14.4 Å². The van der Waals surface area contributed by atoms with E-state index in [0.717, 1.165) is 6.42 Å². The van der Waals surface area contributed by atoms with Crippen molar-refractivity contribution >= 4 is 10.0 Å². The van der Waals surface area contributed by atoms with Crippen LogP contribution in [-0.2, 0) is 10.0 Å². The smallest absolute Gasteiger partial charge is 0.240 e. The van der Waals surface area contributed by atoms with E-state index in [1.54, 1.807) is 18.2 Å². The highest BCUT2D eigenvalue weighted by molar-refractivity contribution is 7.89. The number of benzene rings is 2. The molecule has 6 nitrogen and oxygen atoms in total. The maximum Gasteiger partial charge on any atom is 0.240 e. The van der Waals surface area contributed by atoms with Gasteiger partial charge in [-0.05, 0) is 43.9 Å². The van der Waals surface area contributed by atoms with Crippen molar-refractivity contribution in [3.63, 3.8) is 0 Å². The summed E-state index contributed by atoms with van der Waals surface area (Å²) >= 11 is 0. The number of halogens is 1. The van der Waals surface area contributed by atoms with Gasteiger partial charge in [0.25, 0.3) is 0 Å². The van der Waals surface area contributed by atoms with Gasteiger partial charge in [0.05, 0.1) is 18.1 Å². The summed E-state index contributed by atoms with van der Waals surface area (Å²) in [6.07, 6.45) is 0.743. The summed E-state index contributed by atoms with van der Waals surface area (Å²) in [6.45, 7) is 1.12. The minimum Gasteiger partial charge on any atom is -0.490 e. The summed E-state index contributed by atoms with van der Waals surface area (Å²) in [5.41, 5.74) is 0.696. The Morgan fingerprint density at radius 2 is 1.85 bits per heavy atom. The fourth-order valence-corrected chi connectivity index (χ4v) is 3.95. The van der Waals surface area contributed by atoms with Crippen molar-refractivity contribution in [2.24, 2.45) is 0 Å². The molecular formula is C19H23FN2O4S. The number of fused-ring (bicyclic) bond motifs is 1. The lowest BCUT2D eigenvalue weighted by Crippen LogP contribution is -2.34. The van der Waals surface area contributed by atoms with Crippen molar-refractivity contribution in [2.75, 3.05) is 33.9 Å². The van der Waals surface area contributed by atoms with E-state index < -0.39 is 10.0 Å². The molecule has 0 aromatic heterocycles. The quantitative estimate of drug-likeness (QED) is 0.816. The summed E-state index contributed by atoms with van der Waals surface area (Å²) in [6, 6.07) is 10.4. The zero-order valence-electron chi connectivity index (χ0n) is 15.3. The molecule has 0 spiro atoms. The van der Waals surface area contributed by atoms with Crippen LogP contribution in [0.1, 0.15) is 18.0 Å². The first-order valence-electron chi connectivity index (χ1n) is 8.68. The van der Waals surface area contributed by atoms with Crippen LogP contribution >= 0.6 is 0 Å². The maximum atomic E-state index is 13.5. The lowest BCUT2D eigenvalue weighted by molar-refractivity contribution is 0.296. The van der Waals surface area contributed by atoms with E-state index in [2.05, 4.69) is 4.72 Å². The maximum absolute atomic E-state index is 13.5. The van der Waals surface area contributed by atoms with Crippen LogP contribution in [0.2, 0.25) is 0 Å². The molecule has 0 amide bonds. The fourth-order valence-electron chi connectivity index (χ4n) is 2.90. The highest BCUT2D eigenvalue weighted by Gasteiger charge is 2.22. The second-order valence-electron chi connectivity index (χ2n) is 6.55. The number of sulfonamides is 1. The van der Waals surface area contributed by atoms with E-state index in [-0.39, 0.29) is 23.3 Å². The third kappa shape index (κ3) is 4.77. The number of hydrogen-bond acceptors (Lipinski definition) is 5. The number of nitrogens with zero attached hydrogens (tertiary/aromatic N) is 1. The van der Waals surface area contributed by atoms with Crippen molar-refractivity contribution < 1.29 is 22.3 Å². The molecule has 146 valence electrons. The molecule has 8 heteroatoms. The van der Waals surface area contributed by atoms with E-state index in [4.69, 9.17) is 9.47 Å². The van der Waals surface area contributed by atoms with E-state index in [9.17, 15) is 12.8 Å². The molecule has 1 aliphatic rings. The zero-order valence-corrected chi connectivity index (χ0v) is 16.1. The van der Waals surface area contributed by atoms with Crippen molar-refractivity contribution in [3.8, 4) is 11.5 Å². The average Bonchev–Trinajstić information content (AvgIpc) is 2.86. The van der Waals surface area contributed by atoms with Gasteiger partial charge in [0.1, 0.15) is 5.82 Å². The Kier molecular flexibility index (Phi) is 5.98. The standard InChI is InChI=1S/C19H23FN2O4S/c1-22(2)17(14-5-3-6-15(20)11-14)13-21-27(23,24)16-7-8-18-19(12-16)26-10-4-9-25-18/h3,5-8,11-12,17,21H,4,9-10,13H2,1-2H3/t17-/m0/s1. The minimum atomic E-state index is -3.76. The SMILES string of the molecule is CN(C)[C@@H](CNS(=O)(=O)c1ccc2c(c1)OCCCO2)c1cccc(F)c1. The first kappa shape index (κ1) is 19.6. The van der Waals surface area contributed by atoms with Crippen molar-refractivity contribution in [2.45, 2.75) is 17.4 Å². The molecule has 1 heterocycles. The first-order valence-corrected chi connectivity index (χ1v) is 10.2. The van der Waals surface area contributed by atoms with Crippen molar-refractivity contribution in [1.82, 2.24) is 9.62 Å². The molecule has 0 aliphatic carbocycles. The van der Waals surface area contributed by atoms with Crippen LogP contribution in [0, 0.1) is 5.82 Å². The van der Waals surface area contributed by atoms with Gasteiger partial charge in [-0.25, -0.2) is 17.5 Å². The number of nitrogens with one attached hydrogen (secondary N) is 1. The van der Waals surface area contributed by atoms with E-state index in [1.807, 2.05) is 19.0 Å². The van der Waals surface area contributed by atoms with Crippen LogP contribution in [0.15, 0.2) is 47.4 Å². The molecule has 1 aliphatic heterocycles. The van der Waals surface area contributed by atoms with Crippen LogP contribution in [0.25, 0.3) is 0 Å². The Balaban J connectivity index is 1.78. The van der Waals surface area contributed by atoms with Gasteiger partial charge in [0, 0.05) is 25.1 Å². The molecule has 2 aromatic carbocycles. The third-order valence-corrected chi connectivity index (χ3v) is 5.77. The molecule has 0 bridgehead atoms. The van der Waals surface area contributed by atoms with Gasteiger partial charge in [-0.2, -0.15) is 0 Å². The highest BCUT2D eigenvalue weighted by atomic mass is 32.2. The molecule has 1 atom stereocenters. The summed E-state index contributed by atoms with van der Waals surface area (Å²) in [5, 5.41) is 0. The van der Waals surface area contributed by atoms with Gasteiger partial charge in [0.15, 0.2) is 11.5 Å². The highest BCUT2D eigenvalue weighted by Crippen LogP contribution is 2.32. The Labute approximate surface area is 159 Å². The molecule has 0 unspecified atom stereocenters. The van der Waals surface area contributed by atoms with Crippen LogP contribution in [0.3, 0.4) is 0 Å². The van der Waals surface area contributed by atoms with E-state index in [0.29, 0.717) is 30.3 Å². The summed E-state index contributed by atoms with van der Waals surface area (Å²) < 4.78 is 52.7. The van der Waals surface area contributed by atoms with Crippen LogP contribution in [0.4, 0.5) is 4.39 Å². The molecule has 1 N–H and O–H groups in total. The van der Waals surface area contributed by atoms with Gasteiger partial charge in [-0.1, -0.05) is 12.1 Å².